The highest BCUT2D eigenvalue weighted by Crippen LogP contribution is 2.24. The molecule has 2 atom stereocenters. The van der Waals surface area contributed by atoms with E-state index in [4.69, 9.17) is 9.73 Å². The molecule has 0 aliphatic carbocycles. The second kappa shape index (κ2) is 14.2. The second-order valence-electron chi connectivity index (χ2n) is 7.55. The molecule has 1 saturated heterocycles. The summed E-state index contributed by atoms with van der Waals surface area (Å²) >= 11 is 1.39. The Morgan fingerprint density at radius 2 is 2.17 bits per heavy atom. The third-order valence-corrected chi connectivity index (χ3v) is 6.48. The van der Waals surface area contributed by atoms with Gasteiger partial charge in [-0.2, -0.15) is 0 Å². The number of hydrogen-bond donors (Lipinski definition) is 2. The lowest BCUT2D eigenvalue weighted by molar-refractivity contribution is 0.0531. The molecule has 0 bridgehead atoms. The lowest BCUT2D eigenvalue weighted by atomic mass is 10.0. The Kier molecular flexibility index (Phi) is 12.8. The number of rotatable bonds is 9. The number of ether oxygens (including phenoxy) is 1. The summed E-state index contributed by atoms with van der Waals surface area (Å²) < 4.78 is 5.12. The molecule has 7 nitrogen and oxygen atoms in total. The summed E-state index contributed by atoms with van der Waals surface area (Å²) in [4.78, 5) is 24.5. The van der Waals surface area contributed by atoms with Crippen molar-refractivity contribution in [3.05, 3.63) is 15.6 Å². The van der Waals surface area contributed by atoms with Gasteiger partial charge in [-0.3, -0.25) is 4.99 Å². The summed E-state index contributed by atoms with van der Waals surface area (Å²) in [6.07, 6.45) is 5.04. The maximum Gasteiger partial charge on any atom is 0.350 e. The molecule has 0 saturated carbocycles. The predicted molar refractivity (Wildman–Crippen MR) is 135 cm³/mol. The molecule has 0 spiro atoms. The Morgan fingerprint density at radius 1 is 1.40 bits per heavy atom. The van der Waals surface area contributed by atoms with Gasteiger partial charge < -0.3 is 20.3 Å². The van der Waals surface area contributed by atoms with Crippen LogP contribution in [0.15, 0.2) is 4.99 Å². The van der Waals surface area contributed by atoms with Crippen molar-refractivity contribution in [1.29, 1.82) is 0 Å². The van der Waals surface area contributed by atoms with Crippen molar-refractivity contribution in [2.45, 2.75) is 72.4 Å². The molecule has 1 aliphatic heterocycles. The molecule has 30 heavy (non-hydrogen) atoms. The first kappa shape index (κ1) is 27.1. The van der Waals surface area contributed by atoms with Crippen LogP contribution in [0.5, 0.6) is 0 Å². The second-order valence-corrected chi connectivity index (χ2v) is 8.58. The molecular formula is C21H38IN5O2S. The zero-order valence-corrected chi connectivity index (χ0v) is 22.1. The van der Waals surface area contributed by atoms with Crippen LogP contribution in [0.3, 0.4) is 0 Å². The minimum atomic E-state index is -0.298. The molecule has 2 N–H and O–H groups in total. The highest BCUT2D eigenvalue weighted by Gasteiger charge is 2.20. The topological polar surface area (TPSA) is 78.9 Å². The number of esters is 1. The highest BCUT2D eigenvalue weighted by molar-refractivity contribution is 14.0. The number of guanidine groups is 1. The molecule has 1 aromatic rings. The number of nitrogens with zero attached hydrogens (tertiary/aromatic N) is 3. The van der Waals surface area contributed by atoms with Gasteiger partial charge in [-0.1, -0.05) is 6.42 Å². The van der Waals surface area contributed by atoms with Gasteiger partial charge in [-0.05, 0) is 60.4 Å². The monoisotopic (exact) mass is 551 g/mol. The average Bonchev–Trinajstić information content (AvgIpc) is 3.08. The van der Waals surface area contributed by atoms with Gasteiger partial charge in [0.2, 0.25) is 0 Å². The number of hydrogen-bond acceptors (Lipinski definition) is 6. The quantitative estimate of drug-likeness (QED) is 0.158. The van der Waals surface area contributed by atoms with E-state index < -0.39 is 0 Å². The van der Waals surface area contributed by atoms with Gasteiger partial charge in [0, 0.05) is 25.7 Å². The van der Waals surface area contributed by atoms with E-state index in [1.165, 1.54) is 37.1 Å². The third kappa shape index (κ3) is 8.30. The number of aromatic nitrogens is 1. The Morgan fingerprint density at radius 3 is 2.83 bits per heavy atom. The van der Waals surface area contributed by atoms with Crippen LogP contribution < -0.4 is 10.6 Å². The first-order chi connectivity index (χ1) is 14.0. The van der Waals surface area contributed by atoms with E-state index in [-0.39, 0.29) is 36.0 Å². The Labute approximate surface area is 202 Å². The molecule has 2 rings (SSSR count). The highest BCUT2D eigenvalue weighted by atomic mass is 127. The first-order valence-electron chi connectivity index (χ1n) is 10.9. The zero-order chi connectivity index (χ0) is 21.2. The average molecular weight is 552 g/mol. The van der Waals surface area contributed by atoms with Crippen molar-refractivity contribution in [3.8, 4) is 0 Å². The summed E-state index contributed by atoms with van der Waals surface area (Å²) in [6.45, 7) is 14.4. The van der Waals surface area contributed by atoms with Gasteiger partial charge in [0.15, 0.2) is 5.96 Å². The molecule has 172 valence electrons. The van der Waals surface area contributed by atoms with Crippen LogP contribution in [0.1, 0.15) is 79.8 Å². The Bertz CT molecular complexity index is 682. The number of aryl methyl sites for hydroxylation is 1. The van der Waals surface area contributed by atoms with E-state index in [1.807, 2.05) is 20.8 Å². The largest absolute Gasteiger partial charge is 0.462 e. The van der Waals surface area contributed by atoms with Crippen LogP contribution in [-0.4, -0.2) is 60.6 Å². The predicted octanol–water partition coefficient (Wildman–Crippen LogP) is 4.13. The van der Waals surface area contributed by atoms with Gasteiger partial charge in [0.25, 0.3) is 0 Å². The summed E-state index contributed by atoms with van der Waals surface area (Å²) in [5.41, 5.74) is 0.717. The van der Waals surface area contributed by atoms with Crippen molar-refractivity contribution < 1.29 is 9.53 Å². The smallest absolute Gasteiger partial charge is 0.350 e. The van der Waals surface area contributed by atoms with Crippen LogP contribution in [0.25, 0.3) is 0 Å². The van der Waals surface area contributed by atoms with E-state index in [1.54, 1.807) is 0 Å². The van der Waals surface area contributed by atoms with Crippen LogP contribution in [0, 0.1) is 6.92 Å². The van der Waals surface area contributed by atoms with Gasteiger partial charge in [-0.25, -0.2) is 9.78 Å². The zero-order valence-electron chi connectivity index (χ0n) is 19.0. The van der Waals surface area contributed by atoms with E-state index in [9.17, 15) is 4.79 Å². The van der Waals surface area contributed by atoms with E-state index >= 15 is 0 Å². The third-order valence-electron chi connectivity index (χ3n) is 5.16. The molecule has 2 unspecified atom stereocenters. The van der Waals surface area contributed by atoms with Crippen LogP contribution in [0.4, 0.5) is 0 Å². The van der Waals surface area contributed by atoms with Crippen LogP contribution in [-0.2, 0) is 4.74 Å². The maximum absolute atomic E-state index is 12.0. The van der Waals surface area contributed by atoms with Gasteiger partial charge in [-0.15, -0.1) is 35.3 Å². The fourth-order valence-corrected chi connectivity index (χ4v) is 4.49. The van der Waals surface area contributed by atoms with Crippen molar-refractivity contribution in [3.63, 3.8) is 0 Å². The van der Waals surface area contributed by atoms with Crippen molar-refractivity contribution in [2.24, 2.45) is 4.99 Å². The Balaban J connectivity index is 0.00000450. The standard InChI is InChI=1S/C21H37N5O2S.HI/c1-6-22-21(23-12-10-14-26-13-9-8-11-15(26)3)25-17(5)19-24-16(4)18(29-19)20(27)28-7-2;/h15,17H,6-14H2,1-5H3,(H2,22,23,25);1H. The molecule has 0 aromatic carbocycles. The number of nitrogens with one attached hydrogen (secondary N) is 2. The summed E-state index contributed by atoms with van der Waals surface area (Å²) in [7, 11) is 0. The van der Waals surface area contributed by atoms with E-state index in [2.05, 4.69) is 34.4 Å². The van der Waals surface area contributed by atoms with E-state index in [0.29, 0.717) is 17.5 Å². The lowest BCUT2D eigenvalue weighted by Gasteiger charge is -2.33. The van der Waals surface area contributed by atoms with Gasteiger partial charge in [0.1, 0.15) is 9.88 Å². The molecule has 0 radical (unpaired) electrons. The van der Waals surface area contributed by atoms with Crippen LogP contribution in [0.2, 0.25) is 0 Å². The summed E-state index contributed by atoms with van der Waals surface area (Å²) in [5, 5.41) is 7.58. The minimum absolute atomic E-state index is 0. The van der Waals surface area contributed by atoms with Gasteiger partial charge in [0.05, 0.1) is 18.3 Å². The first-order valence-corrected chi connectivity index (χ1v) is 11.7. The van der Waals surface area contributed by atoms with Crippen molar-refractivity contribution in [1.82, 2.24) is 20.5 Å². The number of carbonyl (C=O) groups excluding carboxylic acids is 1. The summed E-state index contributed by atoms with van der Waals surface area (Å²) in [5.74, 6) is 0.491. The van der Waals surface area contributed by atoms with Crippen molar-refractivity contribution >= 4 is 47.2 Å². The van der Waals surface area contributed by atoms with Crippen molar-refractivity contribution in [2.75, 3.05) is 32.8 Å². The molecule has 1 aliphatic rings. The molecule has 9 heteroatoms. The molecule has 1 fully saturated rings. The lowest BCUT2D eigenvalue weighted by Crippen LogP contribution is -2.39. The number of likely N-dealkylation sites (tertiary alicyclic amines) is 1. The number of halogens is 1. The summed E-state index contributed by atoms with van der Waals surface area (Å²) in [6, 6.07) is 0.655. The molecular weight excluding hydrogens is 513 g/mol. The number of thiazole rings is 1. The molecule has 1 aromatic heterocycles. The number of piperidine rings is 1. The normalized spacial score (nSPS) is 18.4. The minimum Gasteiger partial charge on any atom is -0.462 e. The molecule has 0 amide bonds. The van der Waals surface area contributed by atoms with Crippen LogP contribution >= 0.6 is 35.3 Å². The number of aliphatic imine (C=N–C) groups is 1. The van der Waals surface area contributed by atoms with Gasteiger partial charge >= 0.3 is 5.97 Å². The molecule has 2 heterocycles. The Hall–Kier alpha value is -0.940. The fraction of sp³-hybridized carbons (Fsp3) is 0.762. The number of carbonyl (C=O) groups is 1. The fourth-order valence-electron chi connectivity index (χ4n) is 3.53. The van der Waals surface area contributed by atoms with E-state index in [0.717, 1.165) is 42.7 Å². The SMILES string of the molecule is CCNC(=NCCCN1CCCCC1C)NC(C)c1nc(C)c(C(=O)OCC)s1.I. The maximum atomic E-state index is 12.0.